The first-order chi connectivity index (χ1) is 12.9. The summed E-state index contributed by atoms with van der Waals surface area (Å²) < 4.78 is 10.8. The monoisotopic (exact) mass is 392 g/mol. The molecule has 0 bridgehead atoms. The number of amides is 2. The molecular weight excluding hydrogens is 372 g/mol. The third-order valence-electron chi connectivity index (χ3n) is 4.74. The van der Waals surface area contributed by atoms with Crippen LogP contribution in [0.2, 0.25) is 5.02 Å². The second-order valence-electron chi connectivity index (χ2n) is 6.61. The lowest BCUT2D eigenvalue weighted by atomic mass is 10.1. The molecule has 2 aromatic rings. The molecule has 0 radical (unpaired) electrons. The number of halogens is 1. The Balaban J connectivity index is 1.72. The van der Waals surface area contributed by atoms with Crippen molar-refractivity contribution >= 4 is 34.4 Å². The first-order valence-electron chi connectivity index (χ1n) is 8.80. The van der Waals surface area contributed by atoms with E-state index in [-0.39, 0.29) is 18.3 Å². The Morgan fingerprint density at radius 1 is 1.30 bits per heavy atom. The minimum atomic E-state index is -0.556. The number of rotatable bonds is 4. The van der Waals surface area contributed by atoms with Gasteiger partial charge in [0, 0.05) is 23.6 Å². The number of fused-ring (bicyclic) bond motifs is 1. The van der Waals surface area contributed by atoms with Crippen molar-refractivity contribution in [2.45, 2.75) is 39.2 Å². The highest BCUT2D eigenvalue weighted by molar-refractivity contribution is 6.32. The maximum atomic E-state index is 12.1. The first-order valence-corrected chi connectivity index (χ1v) is 9.18. The minimum absolute atomic E-state index is 0.183. The van der Waals surface area contributed by atoms with Crippen molar-refractivity contribution in [2.24, 2.45) is 0 Å². The van der Waals surface area contributed by atoms with E-state index in [9.17, 15) is 14.4 Å². The Labute approximate surface area is 161 Å². The van der Waals surface area contributed by atoms with Crippen LogP contribution in [0.4, 0.5) is 0 Å². The molecule has 1 aliphatic heterocycles. The van der Waals surface area contributed by atoms with Crippen molar-refractivity contribution in [1.29, 1.82) is 0 Å². The van der Waals surface area contributed by atoms with Gasteiger partial charge in [0.2, 0.25) is 5.91 Å². The van der Waals surface area contributed by atoms with Gasteiger partial charge in [-0.2, -0.15) is 0 Å². The SMILES string of the molecule is Cc1c(C)c2cc(Cl)c(OCC(=O)NC3CCCCNC3=O)cc2oc1=O. The van der Waals surface area contributed by atoms with Crippen LogP contribution in [0.1, 0.15) is 30.4 Å². The van der Waals surface area contributed by atoms with Crippen molar-refractivity contribution in [3.05, 3.63) is 38.7 Å². The van der Waals surface area contributed by atoms with Gasteiger partial charge in [-0.05, 0) is 44.7 Å². The lowest BCUT2D eigenvalue weighted by Gasteiger charge is -2.16. The maximum absolute atomic E-state index is 12.1. The molecule has 1 saturated heterocycles. The van der Waals surface area contributed by atoms with Gasteiger partial charge in [0.15, 0.2) is 6.61 Å². The molecule has 0 saturated carbocycles. The molecule has 1 unspecified atom stereocenters. The molecule has 8 heteroatoms. The Hall–Kier alpha value is -2.54. The molecule has 27 heavy (non-hydrogen) atoms. The van der Waals surface area contributed by atoms with E-state index in [2.05, 4.69) is 10.6 Å². The minimum Gasteiger partial charge on any atom is -0.482 e. The molecule has 7 nitrogen and oxygen atoms in total. The highest BCUT2D eigenvalue weighted by atomic mass is 35.5. The molecule has 144 valence electrons. The zero-order valence-corrected chi connectivity index (χ0v) is 15.9. The highest BCUT2D eigenvalue weighted by Gasteiger charge is 2.22. The molecule has 1 aromatic carbocycles. The Bertz CT molecular complexity index is 953. The molecule has 2 N–H and O–H groups in total. The van der Waals surface area contributed by atoms with E-state index >= 15 is 0 Å². The third kappa shape index (κ3) is 4.24. The number of carbonyl (C=O) groups excluding carboxylic acids is 2. The summed E-state index contributed by atoms with van der Waals surface area (Å²) in [7, 11) is 0. The quantitative estimate of drug-likeness (QED) is 0.777. The highest BCUT2D eigenvalue weighted by Crippen LogP contribution is 2.31. The number of nitrogens with one attached hydrogen (secondary N) is 2. The van der Waals surface area contributed by atoms with E-state index in [4.69, 9.17) is 20.8 Å². The molecule has 0 spiro atoms. The lowest BCUT2D eigenvalue weighted by Crippen LogP contribution is -2.46. The smallest absolute Gasteiger partial charge is 0.339 e. The average Bonchev–Trinajstić information content (AvgIpc) is 2.83. The van der Waals surface area contributed by atoms with E-state index < -0.39 is 17.6 Å². The zero-order chi connectivity index (χ0) is 19.6. The second-order valence-corrected chi connectivity index (χ2v) is 7.02. The first kappa shape index (κ1) is 19.2. The maximum Gasteiger partial charge on any atom is 0.339 e. The normalized spacial score (nSPS) is 17.3. The van der Waals surface area contributed by atoms with Gasteiger partial charge >= 0.3 is 5.63 Å². The van der Waals surface area contributed by atoms with Crippen LogP contribution in [0.3, 0.4) is 0 Å². The van der Waals surface area contributed by atoms with Crippen molar-refractivity contribution in [2.75, 3.05) is 13.2 Å². The number of benzene rings is 1. The molecule has 3 rings (SSSR count). The van der Waals surface area contributed by atoms with E-state index in [1.165, 1.54) is 6.07 Å². The summed E-state index contributed by atoms with van der Waals surface area (Å²) >= 11 is 6.25. The van der Waals surface area contributed by atoms with Gasteiger partial charge in [-0.3, -0.25) is 9.59 Å². The largest absolute Gasteiger partial charge is 0.482 e. The van der Waals surface area contributed by atoms with Gasteiger partial charge in [0.05, 0.1) is 5.02 Å². The molecule has 2 heterocycles. The summed E-state index contributed by atoms with van der Waals surface area (Å²) in [4.78, 5) is 35.9. The van der Waals surface area contributed by atoms with Crippen LogP contribution in [-0.2, 0) is 9.59 Å². The van der Waals surface area contributed by atoms with Crippen molar-refractivity contribution < 1.29 is 18.7 Å². The van der Waals surface area contributed by atoms with Crippen LogP contribution in [0.25, 0.3) is 11.0 Å². The summed E-state index contributed by atoms with van der Waals surface area (Å²) in [5.41, 5.74) is 1.22. The van der Waals surface area contributed by atoms with E-state index in [1.54, 1.807) is 13.0 Å². The summed E-state index contributed by atoms with van der Waals surface area (Å²) in [5.74, 6) is -0.372. The van der Waals surface area contributed by atoms with Crippen molar-refractivity contribution in [3.63, 3.8) is 0 Å². The summed E-state index contributed by atoms with van der Waals surface area (Å²) in [5, 5.41) is 6.45. The van der Waals surface area contributed by atoms with Crippen LogP contribution in [0, 0.1) is 13.8 Å². The fraction of sp³-hybridized carbons (Fsp3) is 0.421. The fourth-order valence-corrected chi connectivity index (χ4v) is 3.23. The number of ether oxygens (including phenoxy) is 1. The van der Waals surface area contributed by atoms with Gasteiger partial charge in [0.1, 0.15) is 17.4 Å². The molecule has 1 aromatic heterocycles. The molecule has 2 amide bonds. The zero-order valence-electron chi connectivity index (χ0n) is 15.2. The average molecular weight is 393 g/mol. The van der Waals surface area contributed by atoms with Crippen molar-refractivity contribution in [3.8, 4) is 5.75 Å². The van der Waals surface area contributed by atoms with E-state index in [0.717, 1.165) is 18.4 Å². The van der Waals surface area contributed by atoms with Gasteiger partial charge in [-0.15, -0.1) is 0 Å². The van der Waals surface area contributed by atoms with Gasteiger partial charge < -0.3 is 19.8 Å². The van der Waals surface area contributed by atoms with Crippen LogP contribution < -0.4 is 21.0 Å². The van der Waals surface area contributed by atoms with Crippen molar-refractivity contribution in [1.82, 2.24) is 10.6 Å². The van der Waals surface area contributed by atoms with Gasteiger partial charge in [-0.1, -0.05) is 11.6 Å². The molecule has 1 aliphatic rings. The Morgan fingerprint density at radius 2 is 2.07 bits per heavy atom. The number of hydrogen-bond donors (Lipinski definition) is 2. The summed E-state index contributed by atoms with van der Waals surface area (Å²) in [6.07, 6.45) is 2.35. The van der Waals surface area contributed by atoms with E-state index in [1.807, 2.05) is 6.92 Å². The molecule has 1 fully saturated rings. The van der Waals surface area contributed by atoms with Crippen LogP contribution >= 0.6 is 11.6 Å². The lowest BCUT2D eigenvalue weighted by molar-refractivity contribution is -0.129. The standard InChI is InChI=1S/C19H21ClN2O5/c1-10-11(2)19(25)27-15-8-16(13(20)7-12(10)15)26-9-17(23)22-14-5-3-4-6-21-18(14)24/h7-8,14H,3-6,9H2,1-2H3,(H,21,24)(H,22,23). The molecule has 1 atom stereocenters. The predicted octanol–water partition coefficient (Wildman–Crippen LogP) is 2.23. The third-order valence-corrected chi connectivity index (χ3v) is 5.03. The molecular formula is C19H21ClN2O5. The van der Waals surface area contributed by atoms with Crippen LogP contribution in [-0.4, -0.2) is 31.0 Å². The van der Waals surface area contributed by atoms with Crippen LogP contribution in [0.15, 0.2) is 21.3 Å². The van der Waals surface area contributed by atoms with E-state index in [0.29, 0.717) is 34.5 Å². The number of carbonyl (C=O) groups is 2. The number of aryl methyl sites for hydroxylation is 1. The fourth-order valence-electron chi connectivity index (χ4n) is 3.01. The Kier molecular flexibility index (Phi) is 5.70. The number of hydrogen-bond acceptors (Lipinski definition) is 5. The summed E-state index contributed by atoms with van der Waals surface area (Å²) in [6, 6.07) is 2.59. The van der Waals surface area contributed by atoms with Gasteiger partial charge in [-0.25, -0.2) is 4.79 Å². The molecule has 0 aliphatic carbocycles. The summed E-state index contributed by atoms with van der Waals surface area (Å²) in [6.45, 7) is 3.83. The second kappa shape index (κ2) is 8.00. The van der Waals surface area contributed by atoms with Gasteiger partial charge in [0.25, 0.3) is 5.91 Å². The Morgan fingerprint density at radius 3 is 2.85 bits per heavy atom. The topological polar surface area (TPSA) is 97.6 Å². The predicted molar refractivity (Wildman–Crippen MR) is 101 cm³/mol. The van der Waals surface area contributed by atoms with Crippen LogP contribution in [0.5, 0.6) is 5.75 Å².